The third-order valence-corrected chi connectivity index (χ3v) is 5.49. The maximum Gasteiger partial charge on any atom is 0.230 e. The monoisotopic (exact) mass is 403 g/mol. The maximum atomic E-state index is 13.0. The van der Waals surface area contributed by atoms with E-state index in [2.05, 4.69) is 15.5 Å². The number of hydrogen-bond donors (Lipinski definition) is 2. The van der Waals surface area contributed by atoms with Crippen molar-refractivity contribution >= 4 is 29.4 Å². The summed E-state index contributed by atoms with van der Waals surface area (Å²) in [5, 5.41) is 11.3. The SMILES string of the molecule is Nn1c(SCC(=O)NCCSc2ccccc2)nnc1-c1ccc(F)cc1. The van der Waals surface area contributed by atoms with Crippen LogP contribution in [0.4, 0.5) is 4.39 Å². The quantitative estimate of drug-likeness (QED) is 0.342. The number of carbonyl (C=O) groups excluding carboxylic acids is 1. The van der Waals surface area contributed by atoms with Crippen LogP contribution in [0.1, 0.15) is 0 Å². The molecule has 0 saturated carbocycles. The molecule has 1 heterocycles. The van der Waals surface area contributed by atoms with Crippen LogP contribution >= 0.6 is 23.5 Å². The Balaban J connectivity index is 1.44. The number of rotatable bonds is 8. The Morgan fingerprint density at radius 1 is 1.07 bits per heavy atom. The Labute approximate surface area is 164 Å². The van der Waals surface area contributed by atoms with Gasteiger partial charge in [0.05, 0.1) is 5.75 Å². The second kappa shape index (κ2) is 9.43. The summed E-state index contributed by atoms with van der Waals surface area (Å²) in [5.74, 6) is 6.95. The Morgan fingerprint density at radius 2 is 1.81 bits per heavy atom. The van der Waals surface area contributed by atoms with E-state index in [0.29, 0.717) is 23.1 Å². The molecule has 0 bridgehead atoms. The number of halogens is 1. The van der Waals surface area contributed by atoms with Gasteiger partial charge in [0.2, 0.25) is 11.1 Å². The average Bonchev–Trinajstić information content (AvgIpc) is 3.05. The lowest BCUT2D eigenvalue weighted by molar-refractivity contribution is -0.118. The van der Waals surface area contributed by atoms with Crippen LogP contribution in [0.2, 0.25) is 0 Å². The molecule has 0 aliphatic carbocycles. The molecule has 1 amide bonds. The minimum atomic E-state index is -0.335. The summed E-state index contributed by atoms with van der Waals surface area (Å²) in [6.07, 6.45) is 0. The van der Waals surface area contributed by atoms with E-state index in [-0.39, 0.29) is 17.5 Å². The van der Waals surface area contributed by atoms with Gasteiger partial charge >= 0.3 is 0 Å². The van der Waals surface area contributed by atoms with E-state index in [0.717, 1.165) is 5.75 Å². The van der Waals surface area contributed by atoms with E-state index in [1.807, 2.05) is 30.3 Å². The number of thioether (sulfide) groups is 2. The van der Waals surface area contributed by atoms with Crippen molar-refractivity contribution < 1.29 is 9.18 Å². The average molecular weight is 404 g/mol. The lowest BCUT2D eigenvalue weighted by Crippen LogP contribution is -2.27. The molecule has 6 nitrogen and oxygen atoms in total. The molecule has 0 unspecified atom stereocenters. The van der Waals surface area contributed by atoms with E-state index < -0.39 is 0 Å². The van der Waals surface area contributed by atoms with Crippen LogP contribution in [-0.4, -0.2) is 38.8 Å². The second-order valence-corrected chi connectivity index (χ2v) is 7.59. The topological polar surface area (TPSA) is 85.8 Å². The van der Waals surface area contributed by atoms with Crippen LogP contribution in [0.25, 0.3) is 11.4 Å². The zero-order valence-electron chi connectivity index (χ0n) is 14.3. The van der Waals surface area contributed by atoms with E-state index in [4.69, 9.17) is 5.84 Å². The van der Waals surface area contributed by atoms with Gasteiger partial charge in [-0.25, -0.2) is 9.07 Å². The molecule has 0 fully saturated rings. The van der Waals surface area contributed by atoms with E-state index in [1.165, 1.54) is 33.5 Å². The molecule has 3 aromatic rings. The van der Waals surface area contributed by atoms with Crippen molar-refractivity contribution in [1.82, 2.24) is 20.2 Å². The Bertz CT molecular complexity index is 887. The van der Waals surface area contributed by atoms with Crippen LogP contribution in [0, 0.1) is 5.82 Å². The van der Waals surface area contributed by atoms with Crippen molar-refractivity contribution in [3.63, 3.8) is 0 Å². The molecule has 0 atom stereocenters. The van der Waals surface area contributed by atoms with Crippen LogP contribution in [-0.2, 0) is 4.79 Å². The van der Waals surface area contributed by atoms with Crippen molar-refractivity contribution in [2.24, 2.45) is 0 Å². The first kappa shape index (κ1) is 19.2. The van der Waals surface area contributed by atoms with Gasteiger partial charge in [0, 0.05) is 22.8 Å². The van der Waals surface area contributed by atoms with E-state index >= 15 is 0 Å². The molecular weight excluding hydrogens is 385 g/mol. The summed E-state index contributed by atoms with van der Waals surface area (Å²) in [5.41, 5.74) is 0.653. The molecule has 140 valence electrons. The molecule has 0 aliphatic rings. The van der Waals surface area contributed by atoms with Crippen molar-refractivity contribution in [2.45, 2.75) is 10.1 Å². The Morgan fingerprint density at radius 3 is 2.56 bits per heavy atom. The molecule has 0 aliphatic heterocycles. The lowest BCUT2D eigenvalue weighted by Gasteiger charge is -2.06. The Kier molecular flexibility index (Phi) is 6.72. The van der Waals surface area contributed by atoms with Gasteiger partial charge in [-0.1, -0.05) is 30.0 Å². The largest absolute Gasteiger partial charge is 0.355 e. The molecule has 0 radical (unpaired) electrons. The smallest absolute Gasteiger partial charge is 0.230 e. The van der Waals surface area contributed by atoms with Gasteiger partial charge in [0.25, 0.3) is 0 Å². The molecular formula is C18H18FN5OS2. The summed E-state index contributed by atoms with van der Waals surface area (Å²) >= 11 is 2.89. The minimum Gasteiger partial charge on any atom is -0.355 e. The third kappa shape index (κ3) is 5.48. The number of hydrogen-bond acceptors (Lipinski definition) is 6. The fourth-order valence-electron chi connectivity index (χ4n) is 2.23. The number of nitrogens with zero attached hydrogens (tertiary/aromatic N) is 3. The highest BCUT2D eigenvalue weighted by atomic mass is 32.2. The number of carbonyl (C=O) groups is 1. The Hall–Kier alpha value is -2.52. The normalized spacial score (nSPS) is 10.7. The second-order valence-electron chi connectivity index (χ2n) is 5.48. The van der Waals surface area contributed by atoms with E-state index in [9.17, 15) is 9.18 Å². The first-order valence-electron chi connectivity index (χ1n) is 8.17. The zero-order valence-corrected chi connectivity index (χ0v) is 16.0. The predicted octanol–water partition coefficient (Wildman–Crippen LogP) is 2.80. The molecule has 3 rings (SSSR count). The van der Waals surface area contributed by atoms with Crippen molar-refractivity contribution in [3.8, 4) is 11.4 Å². The number of aromatic nitrogens is 3. The van der Waals surface area contributed by atoms with Gasteiger partial charge in [0.15, 0.2) is 5.82 Å². The lowest BCUT2D eigenvalue weighted by atomic mass is 10.2. The van der Waals surface area contributed by atoms with Gasteiger partial charge in [-0.2, -0.15) is 0 Å². The van der Waals surface area contributed by atoms with Gasteiger partial charge in [-0.3, -0.25) is 4.79 Å². The predicted molar refractivity (Wildman–Crippen MR) is 106 cm³/mol. The minimum absolute atomic E-state index is 0.0972. The fourth-order valence-corrected chi connectivity index (χ4v) is 3.70. The fraction of sp³-hybridized carbons (Fsp3) is 0.167. The molecule has 27 heavy (non-hydrogen) atoms. The van der Waals surface area contributed by atoms with Gasteiger partial charge in [-0.15, -0.1) is 22.0 Å². The number of benzene rings is 2. The summed E-state index contributed by atoms with van der Waals surface area (Å²) in [4.78, 5) is 13.1. The number of amides is 1. The van der Waals surface area contributed by atoms with Gasteiger partial charge in [-0.05, 0) is 36.4 Å². The molecule has 9 heteroatoms. The third-order valence-electron chi connectivity index (χ3n) is 3.54. The molecule has 2 aromatic carbocycles. The first-order chi connectivity index (χ1) is 13.1. The first-order valence-corrected chi connectivity index (χ1v) is 10.1. The van der Waals surface area contributed by atoms with Crippen LogP contribution in [0.3, 0.4) is 0 Å². The summed E-state index contributed by atoms with van der Waals surface area (Å²) < 4.78 is 14.3. The molecule has 0 saturated heterocycles. The van der Waals surface area contributed by atoms with Crippen LogP contribution in [0.15, 0.2) is 64.6 Å². The number of nitrogen functional groups attached to an aromatic ring is 1. The maximum absolute atomic E-state index is 13.0. The highest BCUT2D eigenvalue weighted by Crippen LogP contribution is 2.21. The number of nitrogens with one attached hydrogen (secondary N) is 1. The summed E-state index contributed by atoms with van der Waals surface area (Å²) in [6, 6.07) is 15.8. The van der Waals surface area contributed by atoms with Crippen LogP contribution in [0.5, 0.6) is 0 Å². The highest BCUT2D eigenvalue weighted by Gasteiger charge is 2.13. The standard InChI is InChI=1S/C18H18FN5OS2/c19-14-8-6-13(7-9-14)17-22-23-18(24(17)20)27-12-16(25)21-10-11-26-15-4-2-1-3-5-15/h1-9H,10-12,20H2,(H,21,25). The highest BCUT2D eigenvalue weighted by molar-refractivity contribution is 7.99. The van der Waals surface area contributed by atoms with Gasteiger partial charge in [0.1, 0.15) is 5.82 Å². The summed E-state index contributed by atoms with van der Waals surface area (Å²) in [7, 11) is 0. The van der Waals surface area contributed by atoms with Crippen molar-refractivity contribution in [1.29, 1.82) is 0 Å². The molecule has 1 aromatic heterocycles. The van der Waals surface area contributed by atoms with Gasteiger partial charge < -0.3 is 11.2 Å². The van der Waals surface area contributed by atoms with Crippen molar-refractivity contribution in [2.75, 3.05) is 23.9 Å². The van der Waals surface area contributed by atoms with Crippen molar-refractivity contribution in [3.05, 3.63) is 60.4 Å². The molecule has 0 spiro atoms. The molecule has 3 N–H and O–H groups in total. The number of nitrogens with two attached hydrogens (primary N) is 1. The zero-order chi connectivity index (χ0) is 19.1. The van der Waals surface area contributed by atoms with E-state index in [1.54, 1.807) is 23.9 Å². The van der Waals surface area contributed by atoms with Crippen LogP contribution < -0.4 is 11.2 Å². The summed E-state index contributed by atoms with van der Waals surface area (Å²) in [6.45, 7) is 0.578.